The lowest BCUT2D eigenvalue weighted by Crippen LogP contribution is -2.35. The molecule has 3 heterocycles. The van der Waals surface area contributed by atoms with E-state index in [1.54, 1.807) is 6.20 Å². The second kappa shape index (κ2) is 8.39. The van der Waals surface area contributed by atoms with E-state index in [-0.39, 0.29) is 0 Å². The van der Waals surface area contributed by atoms with Crippen LogP contribution < -0.4 is 5.32 Å². The third-order valence-corrected chi connectivity index (χ3v) is 4.72. The van der Waals surface area contributed by atoms with Gasteiger partial charge in [0.1, 0.15) is 0 Å². The quantitative estimate of drug-likeness (QED) is 0.913. The van der Waals surface area contributed by atoms with Crippen molar-refractivity contribution in [2.45, 2.75) is 38.4 Å². The third kappa shape index (κ3) is 4.74. The Hall–Kier alpha value is -1.49. The normalized spacial score (nSPS) is 18.8. The number of rotatable bonds is 5. The number of aromatic nitrogens is 2. The molecule has 0 amide bonds. The summed E-state index contributed by atoms with van der Waals surface area (Å²) >= 11 is 6.33. The van der Waals surface area contributed by atoms with Gasteiger partial charge in [-0.3, -0.25) is 14.9 Å². The first-order valence-electron chi connectivity index (χ1n) is 8.26. The maximum absolute atomic E-state index is 6.33. The highest BCUT2D eigenvalue weighted by atomic mass is 35.5. The first-order valence-corrected chi connectivity index (χ1v) is 8.64. The van der Waals surface area contributed by atoms with Crippen molar-refractivity contribution in [3.05, 3.63) is 59.1 Å². The van der Waals surface area contributed by atoms with Gasteiger partial charge in [0.2, 0.25) is 0 Å². The van der Waals surface area contributed by atoms with E-state index in [9.17, 15) is 0 Å². The van der Waals surface area contributed by atoms with Crippen LogP contribution in [0.5, 0.6) is 0 Å². The Bertz CT molecular complexity index is 597. The Morgan fingerprint density at radius 1 is 1.13 bits per heavy atom. The number of halogens is 1. The molecule has 1 aliphatic rings. The first-order chi connectivity index (χ1) is 11.3. The molecule has 2 aromatic rings. The van der Waals surface area contributed by atoms with Gasteiger partial charge in [0, 0.05) is 37.7 Å². The number of pyridine rings is 2. The van der Waals surface area contributed by atoms with Crippen LogP contribution in [0.1, 0.15) is 30.5 Å². The molecule has 23 heavy (non-hydrogen) atoms. The van der Waals surface area contributed by atoms with Crippen molar-refractivity contribution >= 4 is 11.6 Å². The minimum absolute atomic E-state index is 0.552. The van der Waals surface area contributed by atoms with E-state index in [0.717, 1.165) is 48.9 Å². The molecule has 5 heteroatoms. The summed E-state index contributed by atoms with van der Waals surface area (Å²) in [4.78, 5) is 11.1. The van der Waals surface area contributed by atoms with Crippen molar-refractivity contribution in [1.82, 2.24) is 20.2 Å². The van der Waals surface area contributed by atoms with Crippen molar-refractivity contribution in [1.29, 1.82) is 0 Å². The van der Waals surface area contributed by atoms with E-state index in [1.165, 1.54) is 12.8 Å². The minimum atomic E-state index is 0.552. The molecule has 0 bridgehead atoms. The summed E-state index contributed by atoms with van der Waals surface area (Å²) in [5, 5.41) is 4.23. The van der Waals surface area contributed by atoms with E-state index >= 15 is 0 Å². The molecule has 1 unspecified atom stereocenters. The van der Waals surface area contributed by atoms with Crippen molar-refractivity contribution in [3.8, 4) is 0 Å². The van der Waals surface area contributed by atoms with Gasteiger partial charge in [-0.05, 0) is 56.1 Å². The van der Waals surface area contributed by atoms with Gasteiger partial charge < -0.3 is 5.32 Å². The molecular formula is C18H23ClN4. The molecule has 0 saturated carbocycles. The fourth-order valence-electron chi connectivity index (χ4n) is 3.13. The molecule has 1 saturated heterocycles. The highest BCUT2D eigenvalue weighted by Crippen LogP contribution is 2.22. The average Bonchev–Trinajstić information content (AvgIpc) is 2.86. The van der Waals surface area contributed by atoms with Gasteiger partial charge in [-0.25, -0.2) is 0 Å². The number of hydrogen-bond acceptors (Lipinski definition) is 4. The third-order valence-electron chi connectivity index (χ3n) is 4.38. The molecule has 0 aromatic carbocycles. The van der Waals surface area contributed by atoms with Crippen LogP contribution in [-0.2, 0) is 13.1 Å². The average molecular weight is 331 g/mol. The van der Waals surface area contributed by atoms with Crippen LogP contribution >= 0.6 is 11.6 Å². The zero-order valence-corrected chi connectivity index (χ0v) is 14.0. The van der Waals surface area contributed by atoms with Crippen LogP contribution in [0, 0.1) is 0 Å². The molecule has 3 rings (SSSR count). The summed E-state index contributed by atoms with van der Waals surface area (Å²) in [6.07, 6.45) is 8.99. The summed E-state index contributed by atoms with van der Waals surface area (Å²) in [5.41, 5.74) is 2.24. The van der Waals surface area contributed by atoms with Crippen LogP contribution in [0.15, 0.2) is 42.9 Å². The van der Waals surface area contributed by atoms with E-state index in [1.807, 2.05) is 24.5 Å². The number of nitrogens with zero attached hydrogens (tertiary/aromatic N) is 3. The minimum Gasteiger partial charge on any atom is -0.317 e. The van der Waals surface area contributed by atoms with Crippen molar-refractivity contribution in [2.75, 3.05) is 13.1 Å². The van der Waals surface area contributed by atoms with Crippen LogP contribution in [-0.4, -0.2) is 34.0 Å². The molecule has 1 N–H and O–H groups in total. The summed E-state index contributed by atoms with van der Waals surface area (Å²) < 4.78 is 0. The van der Waals surface area contributed by atoms with Crippen molar-refractivity contribution < 1.29 is 0 Å². The molecule has 1 aliphatic heterocycles. The van der Waals surface area contributed by atoms with Crippen molar-refractivity contribution in [3.63, 3.8) is 0 Å². The van der Waals surface area contributed by atoms with Gasteiger partial charge in [0.05, 0.1) is 10.7 Å². The summed E-state index contributed by atoms with van der Waals surface area (Å²) in [6.45, 7) is 3.88. The lowest BCUT2D eigenvalue weighted by Gasteiger charge is -2.31. The Kier molecular flexibility index (Phi) is 5.97. The summed E-state index contributed by atoms with van der Waals surface area (Å²) in [6, 6.07) is 8.67. The molecule has 1 fully saturated rings. The first kappa shape index (κ1) is 16.4. The predicted octanol–water partition coefficient (Wildman–Crippen LogP) is 3.27. The second-order valence-corrected chi connectivity index (χ2v) is 6.44. The lowest BCUT2D eigenvalue weighted by molar-refractivity contribution is 0.162. The van der Waals surface area contributed by atoms with Gasteiger partial charge >= 0.3 is 0 Å². The highest BCUT2D eigenvalue weighted by Gasteiger charge is 2.21. The van der Waals surface area contributed by atoms with E-state index in [2.05, 4.69) is 32.3 Å². The van der Waals surface area contributed by atoms with E-state index < -0.39 is 0 Å². The zero-order chi connectivity index (χ0) is 15.9. The Labute approximate surface area is 142 Å². The SMILES string of the molecule is Clc1cnccc1CN(Cc1ccccn1)C1CCCNCC1. The largest absolute Gasteiger partial charge is 0.317 e. The molecule has 1 atom stereocenters. The fraction of sp³-hybridized carbons (Fsp3) is 0.444. The maximum atomic E-state index is 6.33. The molecule has 0 spiro atoms. The highest BCUT2D eigenvalue weighted by molar-refractivity contribution is 6.31. The van der Waals surface area contributed by atoms with Gasteiger partial charge in [0.15, 0.2) is 0 Å². The number of hydrogen-bond donors (Lipinski definition) is 1. The molecule has 2 aromatic heterocycles. The second-order valence-electron chi connectivity index (χ2n) is 6.03. The van der Waals surface area contributed by atoms with Gasteiger partial charge in [-0.1, -0.05) is 17.7 Å². The van der Waals surface area contributed by atoms with Crippen LogP contribution in [0.25, 0.3) is 0 Å². The van der Waals surface area contributed by atoms with Gasteiger partial charge in [-0.2, -0.15) is 0 Å². The predicted molar refractivity (Wildman–Crippen MR) is 93.2 cm³/mol. The summed E-state index contributed by atoms with van der Waals surface area (Å²) in [7, 11) is 0. The van der Waals surface area contributed by atoms with Gasteiger partial charge in [0.25, 0.3) is 0 Å². The monoisotopic (exact) mass is 330 g/mol. The van der Waals surface area contributed by atoms with E-state index in [0.29, 0.717) is 6.04 Å². The molecular weight excluding hydrogens is 308 g/mol. The van der Waals surface area contributed by atoms with Crippen LogP contribution in [0.4, 0.5) is 0 Å². The number of nitrogens with one attached hydrogen (secondary N) is 1. The molecule has 0 aliphatic carbocycles. The smallest absolute Gasteiger partial charge is 0.0634 e. The lowest BCUT2D eigenvalue weighted by atomic mass is 10.1. The summed E-state index contributed by atoms with van der Waals surface area (Å²) in [5.74, 6) is 0. The molecule has 4 nitrogen and oxygen atoms in total. The van der Waals surface area contributed by atoms with Gasteiger partial charge in [-0.15, -0.1) is 0 Å². The Morgan fingerprint density at radius 3 is 2.91 bits per heavy atom. The van der Waals surface area contributed by atoms with Crippen LogP contribution in [0.3, 0.4) is 0 Å². The van der Waals surface area contributed by atoms with Crippen molar-refractivity contribution in [2.24, 2.45) is 0 Å². The standard InChI is InChI=1S/C18H23ClN4/c19-18-12-21-10-6-15(18)13-23(14-16-4-1-2-9-22-16)17-5-3-8-20-11-7-17/h1-2,4,6,9-10,12,17,20H,3,5,7-8,11,13-14H2. The zero-order valence-electron chi connectivity index (χ0n) is 13.3. The Balaban J connectivity index is 1.78. The maximum Gasteiger partial charge on any atom is 0.0634 e. The topological polar surface area (TPSA) is 41.1 Å². The molecule has 0 radical (unpaired) electrons. The Morgan fingerprint density at radius 2 is 2.09 bits per heavy atom. The van der Waals surface area contributed by atoms with E-state index in [4.69, 9.17) is 11.6 Å². The molecule has 122 valence electrons. The fourth-order valence-corrected chi connectivity index (χ4v) is 3.31. The van der Waals surface area contributed by atoms with Crippen LogP contribution in [0.2, 0.25) is 5.02 Å².